The fourth-order valence-corrected chi connectivity index (χ4v) is 5.71. The minimum Gasteiger partial charge on any atom is -0.393 e. The summed E-state index contributed by atoms with van der Waals surface area (Å²) in [5.41, 5.74) is 0. The highest BCUT2D eigenvalue weighted by molar-refractivity contribution is 8.18. The van der Waals surface area contributed by atoms with Gasteiger partial charge in [0.05, 0.1) is 10.2 Å². The molecule has 100 valence electrons. The van der Waals surface area contributed by atoms with Gasteiger partial charge in [-0.15, -0.1) is 30.1 Å². The second kappa shape index (κ2) is 8.49. The van der Waals surface area contributed by atoms with Crippen molar-refractivity contribution in [2.24, 2.45) is 0 Å². The Morgan fingerprint density at radius 1 is 1.29 bits per heavy atom. The van der Waals surface area contributed by atoms with Crippen molar-refractivity contribution in [3.8, 4) is 0 Å². The zero-order valence-corrected chi connectivity index (χ0v) is 12.6. The van der Waals surface area contributed by atoms with E-state index >= 15 is 0 Å². The van der Waals surface area contributed by atoms with Gasteiger partial charge in [0.15, 0.2) is 0 Å². The molecule has 0 saturated carbocycles. The smallest absolute Gasteiger partial charge is 0.0611 e. The van der Waals surface area contributed by atoms with Gasteiger partial charge in [0, 0.05) is 0 Å². The van der Waals surface area contributed by atoms with Crippen molar-refractivity contribution in [2.75, 3.05) is 11.5 Å². The molecule has 1 rings (SSSR count). The number of rotatable bonds is 8. The monoisotopic (exact) mass is 274 g/mol. The van der Waals surface area contributed by atoms with Crippen LogP contribution in [0.2, 0.25) is 0 Å². The quantitative estimate of drug-likeness (QED) is 0.521. The summed E-state index contributed by atoms with van der Waals surface area (Å²) in [6.07, 6.45) is 10.3. The highest BCUT2D eigenvalue weighted by Crippen LogP contribution is 2.49. The molecule has 0 aliphatic carbocycles. The second-order valence-corrected chi connectivity index (χ2v) is 8.10. The Labute approximate surface area is 115 Å². The van der Waals surface area contributed by atoms with Crippen LogP contribution < -0.4 is 0 Å². The Hall–Kier alpha value is 0.400. The van der Waals surface area contributed by atoms with Crippen molar-refractivity contribution in [3.63, 3.8) is 0 Å². The standard InChI is InChI=1S/C14H26OS2/c1-3-4-5-9-14(10-6-8-13(2)15)16-11-7-12-17-14/h3,13,15H,1,4-12H2,2H3. The van der Waals surface area contributed by atoms with E-state index in [1.807, 2.05) is 13.0 Å². The van der Waals surface area contributed by atoms with Gasteiger partial charge in [-0.05, 0) is 63.4 Å². The van der Waals surface area contributed by atoms with Crippen LogP contribution >= 0.6 is 23.5 Å². The van der Waals surface area contributed by atoms with E-state index in [0.29, 0.717) is 4.08 Å². The average Bonchev–Trinajstić information content (AvgIpc) is 2.30. The molecule has 0 amide bonds. The zero-order chi connectivity index (χ0) is 12.6. The molecule has 1 heterocycles. The molecule has 1 aliphatic rings. The molecule has 1 nitrogen and oxygen atoms in total. The number of aliphatic hydroxyl groups is 1. The van der Waals surface area contributed by atoms with E-state index in [1.54, 1.807) is 0 Å². The third kappa shape index (κ3) is 6.21. The number of hydrogen-bond donors (Lipinski definition) is 1. The van der Waals surface area contributed by atoms with Crippen LogP contribution in [-0.2, 0) is 0 Å². The lowest BCUT2D eigenvalue weighted by atomic mass is 10.1. The first-order chi connectivity index (χ1) is 8.18. The Balaban J connectivity index is 2.37. The second-order valence-electron chi connectivity index (χ2n) is 4.88. The van der Waals surface area contributed by atoms with Crippen molar-refractivity contribution in [1.82, 2.24) is 0 Å². The molecule has 1 unspecified atom stereocenters. The predicted octanol–water partition coefficient (Wildman–Crippen LogP) is 4.46. The van der Waals surface area contributed by atoms with Crippen molar-refractivity contribution in [3.05, 3.63) is 12.7 Å². The molecule has 1 aliphatic heterocycles. The van der Waals surface area contributed by atoms with Gasteiger partial charge in [-0.2, -0.15) is 0 Å². The minimum absolute atomic E-state index is 0.140. The number of thioether (sulfide) groups is 2. The number of allylic oxidation sites excluding steroid dienone is 1. The van der Waals surface area contributed by atoms with Crippen molar-refractivity contribution in [2.45, 2.75) is 62.1 Å². The molecule has 17 heavy (non-hydrogen) atoms. The maximum Gasteiger partial charge on any atom is 0.0611 e. The fraction of sp³-hybridized carbons (Fsp3) is 0.857. The summed E-state index contributed by atoms with van der Waals surface area (Å²) in [5.74, 6) is 2.63. The largest absolute Gasteiger partial charge is 0.393 e. The molecular formula is C14H26OS2. The number of aliphatic hydroxyl groups excluding tert-OH is 1. The lowest BCUT2D eigenvalue weighted by Crippen LogP contribution is -2.25. The SMILES string of the molecule is C=CCCCC1(CCCC(C)O)SCCCS1. The summed E-state index contributed by atoms with van der Waals surface area (Å²) >= 11 is 4.32. The summed E-state index contributed by atoms with van der Waals surface area (Å²) in [6, 6.07) is 0. The van der Waals surface area contributed by atoms with E-state index in [4.69, 9.17) is 0 Å². The molecular weight excluding hydrogens is 248 g/mol. The first-order valence-electron chi connectivity index (χ1n) is 6.75. The van der Waals surface area contributed by atoms with Gasteiger partial charge in [0.1, 0.15) is 0 Å². The average molecular weight is 274 g/mol. The highest BCUT2D eigenvalue weighted by atomic mass is 32.2. The molecule has 0 radical (unpaired) electrons. The van der Waals surface area contributed by atoms with E-state index in [0.717, 1.165) is 19.3 Å². The highest BCUT2D eigenvalue weighted by Gasteiger charge is 2.32. The van der Waals surface area contributed by atoms with Crippen LogP contribution in [0.4, 0.5) is 0 Å². The molecule has 0 spiro atoms. The van der Waals surface area contributed by atoms with Gasteiger partial charge >= 0.3 is 0 Å². The maximum atomic E-state index is 9.35. The van der Waals surface area contributed by atoms with Gasteiger partial charge in [0.25, 0.3) is 0 Å². The van der Waals surface area contributed by atoms with Crippen LogP contribution in [0.3, 0.4) is 0 Å². The first kappa shape index (κ1) is 15.5. The van der Waals surface area contributed by atoms with Gasteiger partial charge in [0.2, 0.25) is 0 Å². The van der Waals surface area contributed by atoms with E-state index in [9.17, 15) is 5.11 Å². The van der Waals surface area contributed by atoms with Gasteiger partial charge < -0.3 is 5.11 Å². The summed E-state index contributed by atoms with van der Waals surface area (Å²) in [4.78, 5) is 0. The van der Waals surface area contributed by atoms with Crippen LogP contribution in [0, 0.1) is 0 Å². The van der Waals surface area contributed by atoms with Crippen LogP contribution in [0.25, 0.3) is 0 Å². The first-order valence-corrected chi connectivity index (χ1v) is 8.72. The van der Waals surface area contributed by atoms with Crippen LogP contribution in [0.1, 0.15) is 51.9 Å². The molecule has 0 aromatic heterocycles. The minimum atomic E-state index is -0.140. The Morgan fingerprint density at radius 2 is 1.94 bits per heavy atom. The van der Waals surface area contributed by atoms with E-state index in [1.165, 1.54) is 37.2 Å². The third-order valence-electron chi connectivity index (χ3n) is 3.16. The predicted molar refractivity (Wildman–Crippen MR) is 81.8 cm³/mol. The molecule has 0 bridgehead atoms. The molecule has 0 aromatic carbocycles. The van der Waals surface area contributed by atoms with Crippen molar-refractivity contribution in [1.29, 1.82) is 0 Å². The van der Waals surface area contributed by atoms with E-state index < -0.39 is 0 Å². The fourth-order valence-electron chi connectivity index (χ4n) is 2.21. The summed E-state index contributed by atoms with van der Waals surface area (Å²) in [6.45, 7) is 5.70. The molecule has 1 fully saturated rings. The van der Waals surface area contributed by atoms with Gasteiger partial charge in [-0.25, -0.2) is 0 Å². The molecule has 0 aromatic rings. The Morgan fingerprint density at radius 3 is 2.53 bits per heavy atom. The number of unbranched alkanes of at least 4 members (excludes halogenated alkanes) is 1. The third-order valence-corrected chi connectivity index (χ3v) is 6.73. The molecule has 1 N–H and O–H groups in total. The van der Waals surface area contributed by atoms with Gasteiger partial charge in [-0.1, -0.05) is 6.08 Å². The summed E-state index contributed by atoms with van der Waals surface area (Å²) in [7, 11) is 0. The van der Waals surface area contributed by atoms with Crippen LogP contribution in [0.5, 0.6) is 0 Å². The normalized spacial score (nSPS) is 21.1. The Kier molecular flexibility index (Phi) is 7.72. The molecule has 1 saturated heterocycles. The molecule has 1 atom stereocenters. The van der Waals surface area contributed by atoms with E-state index in [2.05, 4.69) is 30.1 Å². The van der Waals surface area contributed by atoms with Gasteiger partial charge in [-0.3, -0.25) is 0 Å². The lowest BCUT2D eigenvalue weighted by Gasteiger charge is -2.36. The summed E-state index contributed by atoms with van der Waals surface area (Å²) in [5, 5.41) is 9.35. The van der Waals surface area contributed by atoms with E-state index in [-0.39, 0.29) is 6.10 Å². The summed E-state index contributed by atoms with van der Waals surface area (Å²) < 4.78 is 0.441. The van der Waals surface area contributed by atoms with Crippen molar-refractivity contribution >= 4 is 23.5 Å². The maximum absolute atomic E-state index is 9.35. The van der Waals surface area contributed by atoms with Crippen LogP contribution in [-0.4, -0.2) is 26.8 Å². The van der Waals surface area contributed by atoms with Crippen molar-refractivity contribution < 1.29 is 5.11 Å². The topological polar surface area (TPSA) is 20.2 Å². The zero-order valence-electron chi connectivity index (χ0n) is 11.0. The molecule has 3 heteroatoms. The Bertz CT molecular complexity index is 210. The van der Waals surface area contributed by atoms with Crippen LogP contribution in [0.15, 0.2) is 12.7 Å². The lowest BCUT2D eigenvalue weighted by molar-refractivity contribution is 0.180. The number of hydrogen-bond acceptors (Lipinski definition) is 3.